The highest BCUT2D eigenvalue weighted by Gasteiger charge is 2.09. The highest BCUT2D eigenvalue weighted by molar-refractivity contribution is 14.0. The van der Waals surface area contributed by atoms with Crippen molar-refractivity contribution in [3.8, 4) is 0 Å². The number of hydrogen-bond acceptors (Lipinski definition) is 4. The molecular weight excluding hydrogens is 491 g/mol. The molecule has 1 unspecified atom stereocenters. The van der Waals surface area contributed by atoms with Crippen LogP contribution in [-0.2, 0) is 24.1 Å². The number of halogens is 1. The van der Waals surface area contributed by atoms with Crippen LogP contribution in [0.1, 0.15) is 57.1 Å². The van der Waals surface area contributed by atoms with E-state index < -0.39 is 0 Å². The lowest BCUT2D eigenvalue weighted by Crippen LogP contribution is -2.40. The molecule has 1 aromatic carbocycles. The highest BCUT2D eigenvalue weighted by Crippen LogP contribution is 2.13. The monoisotopic (exact) mass is 528 g/mol. The van der Waals surface area contributed by atoms with Crippen molar-refractivity contribution in [2.45, 2.75) is 59.5 Å². The Morgan fingerprint density at radius 2 is 1.93 bits per heavy atom. The van der Waals surface area contributed by atoms with E-state index in [1.165, 1.54) is 11.1 Å². The molecule has 0 saturated carbocycles. The van der Waals surface area contributed by atoms with Gasteiger partial charge in [0.25, 0.3) is 0 Å². The molecule has 0 fully saturated rings. The quantitative estimate of drug-likeness (QED) is 0.190. The summed E-state index contributed by atoms with van der Waals surface area (Å²) in [6, 6.07) is 8.93. The van der Waals surface area contributed by atoms with Crippen LogP contribution in [0.2, 0.25) is 0 Å². The van der Waals surface area contributed by atoms with Crippen molar-refractivity contribution in [1.82, 2.24) is 25.4 Å². The van der Waals surface area contributed by atoms with Gasteiger partial charge in [-0.3, -0.25) is 4.99 Å². The Morgan fingerprint density at radius 1 is 1.17 bits per heavy atom. The molecule has 0 radical (unpaired) electrons. The number of aromatic nitrogens is 3. The zero-order chi connectivity index (χ0) is 20.9. The second-order valence-corrected chi connectivity index (χ2v) is 6.96. The van der Waals surface area contributed by atoms with Crippen LogP contribution < -0.4 is 10.6 Å². The third-order valence-corrected chi connectivity index (χ3v) is 4.82. The summed E-state index contributed by atoms with van der Waals surface area (Å²) in [5.41, 5.74) is 2.60. The smallest absolute Gasteiger partial charge is 0.191 e. The van der Waals surface area contributed by atoms with Gasteiger partial charge in [-0.2, -0.15) is 0 Å². The molecule has 0 saturated heterocycles. The summed E-state index contributed by atoms with van der Waals surface area (Å²) in [6.07, 6.45) is 4.62. The number of guanidine groups is 1. The molecule has 1 heterocycles. The Bertz CT molecular complexity index is 731. The number of benzene rings is 1. The third-order valence-electron chi connectivity index (χ3n) is 4.82. The third kappa shape index (κ3) is 8.99. The Morgan fingerprint density at radius 3 is 2.60 bits per heavy atom. The molecule has 1 atom stereocenters. The molecule has 30 heavy (non-hydrogen) atoms. The van der Waals surface area contributed by atoms with E-state index >= 15 is 0 Å². The Labute approximate surface area is 198 Å². The van der Waals surface area contributed by atoms with Crippen LogP contribution in [-0.4, -0.2) is 47.0 Å². The van der Waals surface area contributed by atoms with Gasteiger partial charge in [-0.05, 0) is 37.8 Å². The molecular formula is C22H37IN6O. The van der Waals surface area contributed by atoms with E-state index in [0.29, 0.717) is 0 Å². The minimum absolute atomic E-state index is 0. The first-order chi connectivity index (χ1) is 14.2. The average molecular weight is 528 g/mol. The Hall–Kier alpha value is -1.68. The van der Waals surface area contributed by atoms with Crippen LogP contribution in [0.4, 0.5) is 0 Å². The molecule has 0 aliphatic heterocycles. The maximum atomic E-state index is 5.42. The number of ether oxygens (including phenoxy) is 1. The lowest BCUT2D eigenvalue weighted by atomic mass is 10.1. The lowest BCUT2D eigenvalue weighted by Gasteiger charge is -2.19. The van der Waals surface area contributed by atoms with Crippen LogP contribution >= 0.6 is 24.0 Å². The highest BCUT2D eigenvalue weighted by atomic mass is 127. The van der Waals surface area contributed by atoms with Gasteiger partial charge in [0.1, 0.15) is 12.2 Å². The van der Waals surface area contributed by atoms with Gasteiger partial charge < -0.3 is 19.9 Å². The predicted octanol–water partition coefficient (Wildman–Crippen LogP) is 3.74. The van der Waals surface area contributed by atoms with Crippen molar-refractivity contribution >= 4 is 29.9 Å². The molecule has 0 amide bonds. The number of hydrogen-bond donors (Lipinski definition) is 2. The molecule has 0 aliphatic rings. The van der Waals surface area contributed by atoms with Gasteiger partial charge >= 0.3 is 0 Å². The first-order valence-corrected chi connectivity index (χ1v) is 10.8. The SMILES string of the molecule is CCOCCCN=C(NCCn1cnnc1CC)NC(C)c1ccc(CC)cc1.I. The summed E-state index contributed by atoms with van der Waals surface area (Å²) < 4.78 is 7.49. The number of nitrogens with zero attached hydrogens (tertiary/aromatic N) is 4. The molecule has 0 bridgehead atoms. The fraction of sp³-hybridized carbons (Fsp3) is 0.591. The minimum atomic E-state index is 0. The molecule has 0 spiro atoms. The van der Waals surface area contributed by atoms with E-state index in [-0.39, 0.29) is 30.0 Å². The van der Waals surface area contributed by atoms with Gasteiger partial charge in [-0.15, -0.1) is 34.2 Å². The molecule has 1 aromatic heterocycles. The van der Waals surface area contributed by atoms with E-state index in [4.69, 9.17) is 9.73 Å². The van der Waals surface area contributed by atoms with Crippen LogP contribution in [0.15, 0.2) is 35.6 Å². The summed E-state index contributed by atoms with van der Waals surface area (Å²) in [5.74, 6) is 1.82. The van der Waals surface area contributed by atoms with Crippen molar-refractivity contribution in [2.75, 3.05) is 26.3 Å². The first-order valence-electron chi connectivity index (χ1n) is 10.8. The van der Waals surface area contributed by atoms with Crippen LogP contribution in [0, 0.1) is 0 Å². The van der Waals surface area contributed by atoms with Crippen molar-refractivity contribution in [3.63, 3.8) is 0 Å². The molecule has 168 valence electrons. The zero-order valence-electron chi connectivity index (χ0n) is 18.7. The van der Waals surface area contributed by atoms with Crippen LogP contribution in [0.3, 0.4) is 0 Å². The first kappa shape index (κ1) is 26.4. The van der Waals surface area contributed by atoms with Gasteiger partial charge in [-0.25, -0.2) is 0 Å². The van der Waals surface area contributed by atoms with Crippen LogP contribution in [0.25, 0.3) is 0 Å². The van der Waals surface area contributed by atoms with Crippen molar-refractivity contribution in [1.29, 1.82) is 0 Å². The van der Waals surface area contributed by atoms with E-state index in [1.54, 1.807) is 6.33 Å². The minimum Gasteiger partial charge on any atom is -0.382 e. The van der Waals surface area contributed by atoms with E-state index in [0.717, 1.165) is 63.9 Å². The van der Waals surface area contributed by atoms with Gasteiger partial charge in [-0.1, -0.05) is 38.1 Å². The van der Waals surface area contributed by atoms with Gasteiger partial charge in [0.15, 0.2) is 5.96 Å². The van der Waals surface area contributed by atoms with Crippen LogP contribution in [0.5, 0.6) is 0 Å². The summed E-state index contributed by atoms with van der Waals surface area (Å²) in [5, 5.41) is 15.1. The average Bonchev–Trinajstić information content (AvgIpc) is 3.21. The van der Waals surface area contributed by atoms with Crippen molar-refractivity contribution < 1.29 is 4.74 Å². The van der Waals surface area contributed by atoms with E-state index in [9.17, 15) is 0 Å². The summed E-state index contributed by atoms with van der Waals surface area (Å²) in [4.78, 5) is 4.73. The van der Waals surface area contributed by atoms with Gasteiger partial charge in [0.05, 0.1) is 6.04 Å². The molecule has 2 aromatic rings. The fourth-order valence-electron chi connectivity index (χ4n) is 3.02. The Balaban J connectivity index is 0.00000450. The number of aryl methyl sites for hydroxylation is 2. The maximum Gasteiger partial charge on any atom is 0.191 e. The van der Waals surface area contributed by atoms with E-state index in [2.05, 4.69) is 70.4 Å². The summed E-state index contributed by atoms with van der Waals surface area (Å²) >= 11 is 0. The number of rotatable bonds is 12. The fourth-order valence-corrected chi connectivity index (χ4v) is 3.02. The molecule has 8 heteroatoms. The summed E-state index contributed by atoms with van der Waals surface area (Å²) in [7, 11) is 0. The van der Waals surface area contributed by atoms with Gasteiger partial charge in [0, 0.05) is 39.3 Å². The van der Waals surface area contributed by atoms with Gasteiger partial charge in [0.2, 0.25) is 0 Å². The summed E-state index contributed by atoms with van der Waals surface area (Å²) in [6.45, 7) is 12.2. The topological polar surface area (TPSA) is 76.4 Å². The predicted molar refractivity (Wildman–Crippen MR) is 134 cm³/mol. The second-order valence-electron chi connectivity index (χ2n) is 6.96. The normalized spacial score (nSPS) is 12.3. The zero-order valence-corrected chi connectivity index (χ0v) is 21.1. The van der Waals surface area contributed by atoms with E-state index in [1.807, 2.05) is 6.92 Å². The molecule has 7 nitrogen and oxygen atoms in total. The Kier molecular flexibility index (Phi) is 13.3. The molecule has 0 aliphatic carbocycles. The molecule has 2 rings (SSSR count). The number of aliphatic imine (C=N–C) groups is 1. The molecule has 2 N–H and O–H groups in total. The largest absolute Gasteiger partial charge is 0.382 e. The standard InChI is InChI=1S/C22H36N6O.HI/c1-5-19-9-11-20(12-10-19)18(4)26-22(23-13-8-16-29-7-3)24-14-15-28-17-25-27-21(28)6-2;/h9-12,17-18H,5-8,13-16H2,1-4H3,(H2,23,24,26);1H. The number of nitrogens with one attached hydrogen (secondary N) is 2. The van der Waals surface area contributed by atoms with Crippen molar-refractivity contribution in [2.24, 2.45) is 4.99 Å². The lowest BCUT2D eigenvalue weighted by molar-refractivity contribution is 0.146. The maximum absolute atomic E-state index is 5.42. The van der Waals surface area contributed by atoms with Crippen molar-refractivity contribution in [3.05, 3.63) is 47.5 Å². The second kappa shape index (κ2) is 15.2.